The minimum absolute atomic E-state index is 0.525. The molecule has 0 heterocycles. The van der Waals surface area contributed by atoms with Gasteiger partial charge in [0.2, 0.25) is 0 Å². The first-order valence-corrected chi connectivity index (χ1v) is 7.05. The quantitative estimate of drug-likeness (QED) is 0.858. The summed E-state index contributed by atoms with van der Waals surface area (Å²) in [6, 6.07) is 1.98. The predicted molar refractivity (Wildman–Crippen MR) is 75.3 cm³/mol. The molecular formula is C15H19ClO3. The van der Waals surface area contributed by atoms with Gasteiger partial charge in [-0.05, 0) is 43.7 Å². The van der Waals surface area contributed by atoms with E-state index in [2.05, 4.69) is 0 Å². The molecule has 0 fully saturated rings. The van der Waals surface area contributed by atoms with Crippen molar-refractivity contribution in [3.63, 3.8) is 0 Å². The van der Waals surface area contributed by atoms with E-state index in [-0.39, 0.29) is 0 Å². The Morgan fingerprint density at radius 1 is 1.37 bits per heavy atom. The molecule has 0 radical (unpaired) electrons. The summed E-state index contributed by atoms with van der Waals surface area (Å²) in [5.41, 5.74) is 3.00. The van der Waals surface area contributed by atoms with E-state index in [9.17, 15) is 9.90 Å². The van der Waals surface area contributed by atoms with Crippen LogP contribution in [0.5, 0.6) is 5.75 Å². The van der Waals surface area contributed by atoms with Crippen LogP contribution in [0, 0.1) is 0 Å². The highest BCUT2D eigenvalue weighted by atomic mass is 35.5. The largest absolute Gasteiger partial charge is 0.495 e. The molecule has 1 unspecified atom stereocenters. The molecule has 3 nitrogen and oxygen atoms in total. The van der Waals surface area contributed by atoms with E-state index in [1.807, 2.05) is 6.07 Å². The predicted octanol–water partition coefficient (Wildman–Crippen LogP) is 3.81. The van der Waals surface area contributed by atoms with Gasteiger partial charge in [-0.25, -0.2) is 0 Å². The number of fused-ring (bicyclic) bond motifs is 1. The topological polar surface area (TPSA) is 46.5 Å². The Labute approximate surface area is 118 Å². The van der Waals surface area contributed by atoms with Crippen LogP contribution < -0.4 is 4.74 Å². The first-order valence-electron chi connectivity index (χ1n) is 6.67. The van der Waals surface area contributed by atoms with Gasteiger partial charge in [-0.1, -0.05) is 24.1 Å². The Hall–Kier alpha value is -1.22. The molecule has 2 rings (SSSR count). The van der Waals surface area contributed by atoms with Crippen molar-refractivity contribution in [1.29, 1.82) is 0 Å². The molecule has 1 aromatic rings. The molecule has 104 valence electrons. The first-order chi connectivity index (χ1) is 9.06. The average Bonchev–Trinajstić information content (AvgIpc) is 2.63. The zero-order chi connectivity index (χ0) is 14.0. The molecule has 0 amide bonds. The number of methoxy groups -OCH3 is 1. The zero-order valence-corrected chi connectivity index (χ0v) is 12.1. The van der Waals surface area contributed by atoms with Crippen molar-refractivity contribution in [1.82, 2.24) is 0 Å². The van der Waals surface area contributed by atoms with Crippen LogP contribution in [-0.4, -0.2) is 18.2 Å². The number of carboxylic acids is 1. The highest BCUT2D eigenvalue weighted by Gasteiger charge is 2.24. The van der Waals surface area contributed by atoms with E-state index in [1.54, 1.807) is 14.0 Å². The summed E-state index contributed by atoms with van der Waals surface area (Å²) in [6.45, 7) is 1.67. The van der Waals surface area contributed by atoms with Gasteiger partial charge in [-0.15, -0.1) is 0 Å². The number of halogens is 1. The van der Waals surface area contributed by atoms with Crippen LogP contribution in [-0.2, 0) is 17.6 Å². The van der Waals surface area contributed by atoms with Crippen molar-refractivity contribution in [2.45, 2.75) is 44.9 Å². The third-order valence-electron chi connectivity index (χ3n) is 3.86. The monoisotopic (exact) mass is 282 g/mol. The molecule has 1 N–H and O–H groups in total. The summed E-state index contributed by atoms with van der Waals surface area (Å²) in [4.78, 5) is 11.2. The molecule has 1 atom stereocenters. The van der Waals surface area contributed by atoms with E-state index in [0.717, 1.165) is 31.2 Å². The number of ether oxygens (including phenoxy) is 1. The fourth-order valence-electron chi connectivity index (χ4n) is 2.69. The molecule has 0 bridgehead atoms. The second kappa shape index (κ2) is 5.83. The van der Waals surface area contributed by atoms with E-state index < -0.39 is 11.9 Å². The average molecular weight is 283 g/mol. The maximum absolute atomic E-state index is 11.2. The molecule has 0 aromatic heterocycles. The molecule has 19 heavy (non-hydrogen) atoms. The summed E-state index contributed by atoms with van der Waals surface area (Å²) >= 11 is 6.44. The van der Waals surface area contributed by atoms with Crippen LogP contribution in [0.2, 0.25) is 5.02 Å². The van der Waals surface area contributed by atoms with Crippen LogP contribution in [0.4, 0.5) is 0 Å². The van der Waals surface area contributed by atoms with Crippen molar-refractivity contribution in [3.05, 3.63) is 27.8 Å². The maximum atomic E-state index is 11.2. The standard InChI is InChI=1S/C15H19ClO3/c1-9(15(17)18)12-8-10-6-4-3-5-7-11(10)13(16)14(12)19-2/h8-9H,3-7H2,1-2H3,(H,17,18). The van der Waals surface area contributed by atoms with E-state index in [1.165, 1.54) is 12.0 Å². The number of rotatable bonds is 3. The van der Waals surface area contributed by atoms with Gasteiger partial charge < -0.3 is 9.84 Å². The lowest BCUT2D eigenvalue weighted by molar-refractivity contribution is -0.138. The highest BCUT2D eigenvalue weighted by molar-refractivity contribution is 6.33. The summed E-state index contributed by atoms with van der Waals surface area (Å²) in [6.07, 6.45) is 5.38. The van der Waals surface area contributed by atoms with Gasteiger partial charge in [0.15, 0.2) is 0 Å². The maximum Gasteiger partial charge on any atom is 0.310 e. The molecule has 0 saturated carbocycles. The van der Waals surface area contributed by atoms with E-state index >= 15 is 0 Å². The molecule has 0 saturated heterocycles. The Morgan fingerprint density at radius 3 is 2.68 bits per heavy atom. The Balaban J connectivity index is 2.58. The fourth-order valence-corrected chi connectivity index (χ4v) is 3.10. The summed E-state index contributed by atoms with van der Waals surface area (Å²) in [5.74, 6) is -0.943. The minimum Gasteiger partial charge on any atom is -0.495 e. The number of carboxylic acid groups (broad SMARTS) is 1. The molecule has 1 aliphatic carbocycles. The van der Waals surface area contributed by atoms with Crippen LogP contribution in [0.15, 0.2) is 6.07 Å². The zero-order valence-electron chi connectivity index (χ0n) is 11.3. The Morgan fingerprint density at radius 2 is 2.05 bits per heavy atom. The third kappa shape index (κ3) is 2.71. The van der Waals surface area contributed by atoms with Gasteiger partial charge in [0.1, 0.15) is 5.75 Å². The number of aliphatic carboxylic acids is 1. The second-order valence-electron chi connectivity index (χ2n) is 5.07. The number of aryl methyl sites for hydroxylation is 1. The van der Waals surface area contributed by atoms with E-state index in [0.29, 0.717) is 16.3 Å². The van der Waals surface area contributed by atoms with Gasteiger partial charge in [0.25, 0.3) is 0 Å². The van der Waals surface area contributed by atoms with Gasteiger partial charge in [0, 0.05) is 5.56 Å². The first kappa shape index (κ1) is 14.2. The smallest absolute Gasteiger partial charge is 0.310 e. The second-order valence-corrected chi connectivity index (χ2v) is 5.45. The molecule has 1 aromatic carbocycles. The molecule has 4 heteroatoms. The SMILES string of the molecule is COc1c(C(C)C(=O)O)cc2c(c1Cl)CCCCC2. The van der Waals surface area contributed by atoms with E-state index in [4.69, 9.17) is 16.3 Å². The summed E-state index contributed by atoms with van der Waals surface area (Å²) in [5, 5.41) is 9.81. The lowest BCUT2D eigenvalue weighted by Crippen LogP contribution is -2.11. The molecular weight excluding hydrogens is 264 g/mol. The van der Waals surface area contributed by atoms with Gasteiger partial charge in [-0.2, -0.15) is 0 Å². The minimum atomic E-state index is -0.858. The van der Waals surface area contributed by atoms with Crippen LogP contribution in [0.25, 0.3) is 0 Å². The van der Waals surface area contributed by atoms with Crippen LogP contribution in [0.3, 0.4) is 0 Å². The Kier molecular flexibility index (Phi) is 4.35. The number of benzene rings is 1. The Bertz CT molecular complexity index is 497. The fraction of sp³-hybridized carbons (Fsp3) is 0.533. The molecule has 1 aliphatic rings. The third-order valence-corrected chi connectivity index (χ3v) is 4.26. The van der Waals surface area contributed by atoms with Crippen molar-refractivity contribution in [2.75, 3.05) is 7.11 Å². The normalized spacial score (nSPS) is 16.4. The van der Waals surface area contributed by atoms with Crippen molar-refractivity contribution in [2.24, 2.45) is 0 Å². The molecule has 0 spiro atoms. The van der Waals surface area contributed by atoms with Crippen molar-refractivity contribution >= 4 is 17.6 Å². The van der Waals surface area contributed by atoms with Crippen molar-refractivity contribution < 1.29 is 14.6 Å². The number of hydrogen-bond acceptors (Lipinski definition) is 2. The number of hydrogen-bond donors (Lipinski definition) is 1. The van der Waals surface area contributed by atoms with Gasteiger partial charge >= 0.3 is 5.97 Å². The van der Waals surface area contributed by atoms with Crippen molar-refractivity contribution in [3.8, 4) is 5.75 Å². The lowest BCUT2D eigenvalue weighted by atomic mass is 9.93. The van der Waals surface area contributed by atoms with Gasteiger partial charge in [-0.3, -0.25) is 4.79 Å². The molecule has 0 aliphatic heterocycles. The summed E-state index contributed by atoms with van der Waals surface area (Å²) < 4.78 is 5.36. The van der Waals surface area contributed by atoms with Gasteiger partial charge in [0.05, 0.1) is 18.1 Å². The van der Waals surface area contributed by atoms with Crippen LogP contribution in [0.1, 0.15) is 48.8 Å². The highest BCUT2D eigenvalue weighted by Crippen LogP contribution is 2.40. The lowest BCUT2D eigenvalue weighted by Gasteiger charge is -2.19. The summed E-state index contributed by atoms with van der Waals surface area (Å²) in [7, 11) is 1.54. The van der Waals surface area contributed by atoms with Crippen LogP contribution >= 0.6 is 11.6 Å². The number of carbonyl (C=O) groups is 1.